The fraction of sp³-hybridized carbons (Fsp3) is 0.500. The van der Waals surface area contributed by atoms with Crippen LogP contribution >= 0.6 is 23.7 Å². The Morgan fingerprint density at radius 3 is 2.65 bits per heavy atom. The van der Waals surface area contributed by atoms with E-state index >= 15 is 0 Å². The summed E-state index contributed by atoms with van der Waals surface area (Å²) in [6, 6.07) is -0.839. The third kappa shape index (κ3) is 5.03. The summed E-state index contributed by atoms with van der Waals surface area (Å²) in [5.74, 6) is -0.570. The first-order valence-electron chi connectivity index (χ1n) is 7.98. The van der Waals surface area contributed by atoms with Gasteiger partial charge in [0.1, 0.15) is 15.9 Å². The molecule has 2 aromatic heterocycles. The Balaban J connectivity index is 0.00000338. The van der Waals surface area contributed by atoms with E-state index in [1.807, 2.05) is 6.92 Å². The summed E-state index contributed by atoms with van der Waals surface area (Å²) in [6.07, 6.45) is 3.44. The molecule has 2 rings (SSSR count). The molecular formula is C16H24ClN5O3S. The Morgan fingerprint density at radius 1 is 1.42 bits per heavy atom. The number of rotatable bonds is 7. The van der Waals surface area contributed by atoms with Gasteiger partial charge in [-0.05, 0) is 27.8 Å². The maximum absolute atomic E-state index is 12.6. The summed E-state index contributed by atoms with van der Waals surface area (Å²) < 4.78 is 6.67. The molecule has 2 unspecified atom stereocenters. The van der Waals surface area contributed by atoms with Crippen molar-refractivity contribution in [2.24, 2.45) is 7.05 Å². The van der Waals surface area contributed by atoms with Gasteiger partial charge in [-0.25, -0.2) is 9.78 Å². The molecule has 0 aliphatic carbocycles. The molecule has 144 valence electrons. The number of carbonyl (C=O) groups excluding carboxylic acids is 2. The number of likely N-dealkylation sites (N-methyl/N-ethyl adjacent to an activating group) is 1. The van der Waals surface area contributed by atoms with E-state index in [4.69, 9.17) is 4.74 Å². The first-order valence-corrected chi connectivity index (χ1v) is 8.79. The molecule has 2 N–H and O–H groups in total. The zero-order valence-corrected chi connectivity index (χ0v) is 17.0. The molecule has 0 aliphatic rings. The van der Waals surface area contributed by atoms with Gasteiger partial charge in [0.15, 0.2) is 0 Å². The van der Waals surface area contributed by atoms with Crippen LogP contribution in [0.3, 0.4) is 0 Å². The van der Waals surface area contributed by atoms with E-state index < -0.39 is 6.04 Å². The van der Waals surface area contributed by atoms with Crippen molar-refractivity contribution in [2.75, 3.05) is 13.7 Å². The van der Waals surface area contributed by atoms with Crippen molar-refractivity contribution in [3.05, 3.63) is 33.5 Å². The molecule has 0 aliphatic heterocycles. The van der Waals surface area contributed by atoms with E-state index in [1.54, 1.807) is 45.0 Å². The molecule has 2 atom stereocenters. The first-order chi connectivity index (χ1) is 11.9. The summed E-state index contributed by atoms with van der Waals surface area (Å²) in [5.41, 5.74) is 1.38. The van der Waals surface area contributed by atoms with Crippen LogP contribution in [0, 0.1) is 6.92 Å². The minimum absolute atomic E-state index is 0. The van der Waals surface area contributed by atoms with E-state index in [0.717, 1.165) is 5.56 Å². The van der Waals surface area contributed by atoms with Crippen molar-refractivity contribution in [1.29, 1.82) is 0 Å². The Labute approximate surface area is 162 Å². The highest BCUT2D eigenvalue weighted by Gasteiger charge is 2.25. The second-order valence-electron chi connectivity index (χ2n) is 5.59. The maximum Gasteiger partial charge on any atom is 0.350 e. The third-order valence-corrected chi connectivity index (χ3v) is 4.93. The minimum atomic E-state index is -0.512. The molecule has 0 saturated heterocycles. The molecule has 0 saturated carbocycles. The number of amides is 1. The zero-order valence-electron chi connectivity index (χ0n) is 15.4. The molecule has 2 heterocycles. The van der Waals surface area contributed by atoms with Crippen LogP contribution in [-0.2, 0) is 16.6 Å². The van der Waals surface area contributed by atoms with E-state index in [1.165, 1.54) is 11.3 Å². The molecule has 0 radical (unpaired) electrons. The fourth-order valence-corrected chi connectivity index (χ4v) is 3.35. The predicted molar refractivity (Wildman–Crippen MR) is 102 cm³/mol. The number of aromatic nitrogens is 3. The summed E-state index contributed by atoms with van der Waals surface area (Å²) in [7, 11) is 3.51. The van der Waals surface area contributed by atoms with Crippen molar-refractivity contribution >= 4 is 35.6 Å². The highest BCUT2D eigenvalue weighted by molar-refractivity contribution is 7.13. The van der Waals surface area contributed by atoms with Gasteiger partial charge in [-0.1, -0.05) is 0 Å². The van der Waals surface area contributed by atoms with Crippen molar-refractivity contribution in [2.45, 2.75) is 32.9 Å². The standard InChI is InChI=1S/C16H23N5O3S.ClH/c1-6-24-16(23)13-9(2)20-15(25-13)10(3)19-14(22)12(17-4)11-7-18-21(5)8-11;/h7-8,10,12,17H,6H2,1-5H3,(H,19,22);1H. The maximum atomic E-state index is 12.6. The topological polar surface area (TPSA) is 98.1 Å². The van der Waals surface area contributed by atoms with E-state index in [2.05, 4.69) is 20.7 Å². The Morgan fingerprint density at radius 2 is 2.12 bits per heavy atom. The fourth-order valence-electron chi connectivity index (χ4n) is 2.39. The van der Waals surface area contributed by atoms with Crippen LogP contribution in [0.2, 0.25) is 0 Å². The van der Waals surface area contributed by atoms with Crippen LogP contribution in [0.1, 0.15) is 51.9 Å². The van der Waals surface area contributed by atoms with Gasteiger partial charge >= 0.3 is 5.97 Å². The number of ether oxygens (including phenoxy) is 1. The van der Waals surface area contributed by atoms with Crippen LogP contribution in [0.4, 0.5) is 0 Å². The molecule has 8 nitrogen and oxygen atoms in total. The number of halogens is 1. The van der Waals surface area contributed by atoms with Gasteiger partial charge in [-0.15, -0.1) is 23.7 Å². The number of carbonyl (C=O) groups is 2. The summed E-state index contributed by atoms with van der Waals surface area (Å²) in [6.45, 7) is 5.66. The number of thiazole rings is 1. The lowest BCUT2D eigenvalue weighted by Crippen LogP contribution is -2.37. The number of nitrogens with zero attached hydrogens (tertiary/aromatic N) is 3. The quantitative estimate of drug-likeness (QED) is 0.688. The van der Waals surface area contributed by atoms with Gasteiger partial charge in [-0.2, -0.15) is 5.10 Å². The SMILES string of the molecule is CCOC(=O)c1sc(C(C)NC(=O)C(NC)c2cnn(C)c2)nc1C.Cl. The average Bonchev–Trinajstić information content (AvgIpc) is 3.14. The molecule has 2 aromatic rings. The van der Waals surface area contributed by atoms with Crippen LogP contribution in [0.25, 0.3) is 0 Å². The largest absolute Gasteiger partial charge is 0.462 e. The smallest absolute Gasteiger partial charge is 0.350 e. The number of hydrogen-bond donors (Lipinski definition) is 2. The van der Waals surface area contributed by atoms with Crippen molar-refractivity contribution < 1.29 is 14.3 Å². The molecule has 26 heavy (non-hydrogen) atoms. The Kier molecular flexibility index (Phi) is 8.19. The highest BCUT2D eigenvalue weighted by Crippen LogP contribution is 2.25. The number of hydrogen-bond acceptors (Lipinski definition) is 7. The predicted octanol–water partition coefficient (Wildman–Crippen LogP) is 1.92. The van der Waals surface area contributed by atoms with Gasteiger partial charge in [0.25, 0.3) is 0 Å². The molecule has 0 aromatic carbocycles. The molecule has 0 fully saturated rings. The van der Waals surface area contributed by atoms with Crippen LogP contribution < -0.4 is 10.6 Å². The lowest BCUT2D eigenvalue weighted by atomic mass is 10.1. The molecule has 0 bridgehead atoms. The monoisotopic (exact) mass is 401 g/mol. The lowest BCUT2D eigenvalue weighted by Gasteiger charge is -2.17. The van der Waals surface area contributed by atoms with Crippen molar-refractivity contribution in [3.8, 4) is 0 Å². The molecule has 10 heteroatoms. The van der Waals surface area contributed by atoms with Crippen LogP contribution in [0.15, 0.2) is 12.4 Å². The van der Waals surface area contributed by atoms with E-state index in [-0.39, 0.29) is 30.3 Å². The van der Waals surface area contributed by atoms with Crippen molar-refractivity contribution in [3.63, 3.8) is 0 Å². The molecule has 0 spiro atoms. The zero-order chi connectivity index (χ0) is 18.6. The van der Waals surface area contributed by atoms with Crippen LogP contribution in [-0.4, -0.2) is 40.3 Å². The summed E-state index contributed by atoms with van der Waals surface area (Å²) >= 11 is 1.24. The van der Waals surface area contributed by atoms with Gasteiger partial charge in [0.05, 0.1) is 24.5 Å². The number of nitrogens with one attached hydrogen (secondary N) is 2. The third-order valence-electron chi connectivity index (χ3n) is 3.61. The van der Waals surface area contributed by atoms with Gasteiger partial charge in [-0.3, -0.25) is 9.48 Å². The molecule has 1 amide bonds. The van der Waals surface area contributed by atoms with E-state index in [9.17, 15) is 9.59 Å². The second-order valence-corrected chi connectivity index (χ2v) is 6.62. The average molecular weight is 402 g/mol. The second kappa shape index (κ2) is 9.65. The van der Waals surface area contributed by atoms with E-state index in [0.29, 0.717) is 22.2 Å². The first kappa shape index (κ1) is 22.1. The lowest BCUT2D eigenvalue weighted by molar-refractivity contribution is -0.123. The summed E-state index contributed by atoms with van der Waals surface area (Å²) in [5, 5.41) is 10.7. The normalized spacial score (nSPS) is 12.8. The van der Waals surface area contributed by atoms with Gasteiger partial charge < -0.3 is 15.4 Å². The number of aryl methyl sites for hydroxylation is 2. The summed E-state index contributed by atoms with van der Waals surface area (Å²) in [4.78, 5) is 29.3. The van der Waals surface area contributed by atoms with Gasteiger partial charge in [0.2, 0.25) is 5.91 Å². The Bertz CT molecular complexity index is 761. The Hall–Kier alpha value is -1.97. The van der Waals surface area contributed by atoms with Gasteiger partial charge in [0, 0.05) is 18.8 Å². The molecular weight excluding hydrogens is 378 g/mol. The highest BCUT2D eigenvalue weighted by atomic mass is 35.5. The minimum Gasteiger partial charge on any atom is -0.462 e. The number of esters is 1. The van der Waals surface area contributed by atoms with Crippen molar-refractivity contribution in [1.82, 2.24) is 25.4 Å². The van der Waals surface area contributed by atoms with Crippen LogP contribution in [0.5, 0.6) is 0 Å².